The van der Waals surface area contributed by atoms with Gasteiger partial charge in [0.15, 0.2) is 11.6 Å². The van der Waals surface area contributed by atoms with Crippen LogP contribution in [0.3, 0.4) is 0 Å². The third-order valence-corrected chi connectivity index (χ3v) is 8.98. The van der Waals surface area contributed by atoms with Crippen molar-refractivity contribution in [3.05, 3.63) is 151 Å². The van der Waals surface area contributed by atoms with Crippen molar-refractivity contribution in [1.82, 2.24) is 19.5 Å². The smallest absolute Gasteiger partial charge is 0.234 e. The molecule has 0 spiro atoms. The van der Waals surface area contributed by atoms with Gasteiger partial charge in [-0.15, -0.1) is 0 Å². The van der Waals surface area contributed by atoms with E-state index < -0.39 is 0 Å². The Bertz CT molecular complexity index is 2190. The van der Waals surface area contributed by atoms with Crippen LogP contribution < -0.4 is 4.90 Å². The van der Waals surface area contributed by atoms with E-state index in [1.807, 2.05) is 18.2 Å². The van der Waals surface area contributed by atoms with Gasteiger partial charge in [0.25, 0.3) is 0 Å². The summed E-state index contributed by atoms with van der Waals surface area (Å²) in [5, 5.41) is 2.44. The van der Waals surface area contributed by atoms with Gasteiger partial charge in [-0.25, -0.2) is 4.98 Å². The molecule has 2 aromatic heterocycles. The van der Waals surface area contributed by atoms with Gasteiger partial charge < -0.3 is 9.47 Å². The highest BCUT2D eigenvalue weighted by Crippen LogP contribution is 2.52. The average molecular weight is 568 g/mol. The van der Waals surface area contributed by atoms with E-state index in [1.165, 1.54) is 33.1 Å². The third-order valence-electron chi connectivity index (χ3n) is 8.98. The van der Waals surface area contributed by atoms with Crippen LogP contribution in [-0.4, -0.2) is 25.6 Å². The van der Waals surface area contributed by atoms with Crippen LogP contribution in [0.25, 0.3) is 44.5 Å². The van der Waals surface area contributed by atoms with Gasteiger partial charge >= 0.3 is 0 Å². The molecule has 5 nitrogen and oxygen atoms in total. The summed E-state index contributed by atoms with van der Waals surface area (Å²) in [4.78, 5) is 17.8. The molecule has 3 heterocycles. The van der Waals surface area contributed by atoms with Crippen LogP contribution in [0.2, 0.25) is 0 Å². The molecule has 0 fully saturated rings. The number of benzene rings is 4. The molecule has 0 bridgehead atoms. The molecular weight excluding hydrogens is 538 g/mol. The maximum Gasteiger partial charge on any atom is 0.234 e. The molecule has 3 aliphatic rings. The molecule has 4 aromatic carbocycles. The quantitative estimate of drug-likeness (QED) is 0.213. The Balaban J connectivity index is 1.35. The van der Waals surface area contributed by atoms with Gasteiger partial charge in [-0.2, -0.15) is 9.97 Å². The van der Waals surface area contributed by atoms with Crippen molar-refractivity contribution in [3.8, 4) is 17.1 Å². The first-order valence-electron chi connectivity index (χ1n) is 15.3. The van der Waals surface area contributed by atoms with Gasteiger partial charge in [-0.3, -0.25) is 0 Å². The van der Waals surface area contributed by atoms with Gasteiger partial charge in [0.2, 0.25) is 5.95 Å². The second-order valence-corrected chi connectivity index (χ2v) is 11.5. The number of hydrogen-bond donors (Lipinski definition) is 0. The fourth-order valence-corrected chi connectivity index (χ4v) is 7.05. The summed E-state index contributed by atoms with van der Waals surface area (Å²) < 4.78 is 2.38. The van der Waals surface area contributed by atoms with Crippen molar-refractivity contribution in [3.63, 3.8) is 0 Å². The van der Waals surface area contributed by atoms with Crippen molar-refractivity contribution in [2.75, 3.05) is 4.90 Å². The topological polar surface area (TPSA) is 46.8 Å². The van der Waals surface area contributed by atoms with E-state index in [2.05, 4.69) is 131 Å². The Kier molecular flexibility index (Phi) is 5.69. The minimum Gasteiger partial charge on any atom is -0.309 e. The van der Waals surface area contributed by atoms with E-state index in [9.17, 15) is 0 Å². The lowest BCUT2D eigenvalue weighted by Gasteiger charge is -2.27. The monoisotopic (exact) mass is 567 g/mol. The molecule has 9 rings (SSSR count). The van der Waals surface area contributed by atoms with E-state index in [0.717, 1.165) is 29.7 Å². The van der Waals surface area contributed by atoms with Crippen LogP contribution in [0.1, 0.15) is 30.1 Å². The third kappa shape index (κ3) is 3.82. The minimum absolute atomic E-state index is 0.0502. The zero-order chi connectivity index (χ0) is 29.0. The van der Waals surface area contributed by atoms with Crippen molar-refractivity contribution < 1.29 is 0 Å². The molecule has 0 saturated carbocycles. The first kappa shape index (κ1) is 25.0. The summed E-state index contributed by atoms with van der Waals surface area (Å²) in [5.41, 5.74) is 7.98. The second-order valence-electron chi connectivity index (χ2n) is 11.5. The van der Waals surface area contributed by atoms with Crippen LogP contribution in [0.15, 0.2) is 140 Å². The molecular formula is C39H29N5. The largest absolute Gasteiger partial charge is 0.309 e. The van der Waals surface area contributed by atoms with Crippen molar-refractivity contribution >= 4 is 39.0 Å². The number of para-hydroxylation sites is 2. The Labute approximate surface area is 255 Å². The highest BCUT2D eigenvalue weighted by molar-refractivity contribution is 6.17. The molecule has 2 atom stereocenters. The van der Waals surface area contributed by atoms with Gasteiger partial charge in [0, 0.05) is 33.5 Å². The number of nitrogens with zero attached hydrogens (tertiary/aromatic N) is 5. The fourth-order valence-electron chi connectivity index (χ4n) is 7.05. The van der Waals surface area contributed by atoms with Gasteiger partial charge in [-0.05, 0) is 42.7 Å². The van der Waals surface area contributed by atoms with Crippen LogP contribution in [-0.2, 0) is 0 Å². The van der Waals surface area contributed by atoms with Crippen LogP contribution in [0.5, 0.6) is 0 Å². The summed E-state index contributed by atoms with van der Waals surface area (Å²) in [6.45, 7) is 0. The van der Waals surface area contributed by atoms with Crippen molar-refractivity contribution in [1.29, 1.82) is 0 Å². The molecule has 1 aliphatic heterocycles. The molecule has 0 N–H and O–H groups in total. The number of allylic oxidation sites excluding steroid dienone is 6. The molecule has 44 heavy (non-hydrogen) atoms. The lowest BCUT2D eigenvalue weighted by atomic mass is 9.91. The van der Waals surface area contributed by atoms with E-state index in [1.54, 1.807) is 0 Å². The Morgan fingerprint density at radius 1 is 0.659 bits per heavy atom. The molecule has 210 valence electrons. The summed E-state index contributed by atoms with van der Waals surface area (Å²) >= 11 is 0. The van der Waals surface area contributed by atoms with E-state index in [-0.39, 0.29) is 12.0 Å². The average Bonchev–Trinajstić information content (AvgIpc) is 3.62. The zero-order valence-corrected chi connectivity index (χ0v) is 24.1. The van der Waals surface area contributed by atoms with Crippen molar-refractivity contribution in [2.45, 2.75) is 24.8 Å². The predicted octanol–water partition coefficient (Wildman–Crippen LogP) is 9.10. The lowest BCUT2D eigenvalue weighted by Crippen LogP contribution is -2.30. The highest BCUT2D eigenvalue weighted by Gasteiger charge is 2.41. The van der Waals surface area contributed by atoms with E-state index in [0.29, 0.717) is 17.6 Å². The Morgan fingerprint density at radius 3 is 2.27 bits per heavy atom. The second kappa shape index (κ2) is 10.0. The van der Waals surface area contributed by atoms with Gasteiger partial charge in [-0.1, -0.05) is 115 Å². The van der Waals surface area contributed by atoms with Crippen molar-refractivity contribution in [2.24, 2.45) is 0 Å². The van der Waals surface area contributed by atoms with Gasteiger partial charge in [0.05, 0.1) is 22.8 Å². The predicted molar refractivity (Wildman–Crippen MR) is 179 cm³/mol. The number of aromatic nitrogens is 4. The molecule has 0 radical (unpaired) electrons. The number of fused-ring (bicyclic) bond motifs is 7. The first-order chi connectivity index (χ1) is 21.8. The standard InChI is InChI=1S/C39H29N5/c1-4-14-26(15-5-1)37-40-38(27-16-6-2-7-17-27)42-39(41-37)44-32-22-12-10-20-29(32)30-24-25-34-35(36(30)44)31-21-11-13-23-33(31)43(34)28-18-8-3-9-19-28/h1,3-6,8-25,29,32H,2,7H2/t29?,32-/m1/s1. The lowest BCUT2D eigenvalue weighted by molar-refractivity contribution is 0.727. The maximum absolute atomic E-state index is 5.23. The number of rotatable bonds is 4. The Hall–Kier alpha value is -5.55. The summed E-state index contributed by atoms with van der Waals surface area (Å²) in [6, 6.07) is 34.3. The highest BCUT2D eigenvalue weighted by atomic mass is 15.3. The SMILES string of the molecule is C1=CC2c3ccc4c(c3N(c3nc(C5=CCCC=C5)nc(-c5ccccc5)n3)[C@@H]2C=C1)c1ccccc1n4-c1ccccc1. The summed E-state index contributed by atoms with van der Waals surface area (Å²) in [5.74, 6) is 2.26. The molecule has 6 aromatic rings. The van der Waals surface area contributed by atoms with Crippen LogP contribution in [0, 0.1) is 0 Å². The molecule has 0 saturated heterocycles. The summed E-state index contributed by atoms with van der Waals surface area (Å²) in [6.07, 6.45) is 17.5. The van der Waals surface area contributed by atoms with E-state index >= 15 is 0 Å². The van der Waals surface area contributed by atoms with E-state index in [4.69, 9.17) is 15.0 Å². The molecule has 0 amide bonds. The van der Waals surface area contributed by atoms with Gasteiger partial charge in [0.1, 0.15) is 0 Å². The maximum atomic E-state index is 5.23. The van der Waals surface area contributed by atoms with Crippen LogP contribution >= 0.6 is 0 Å². The summed E-state index contributed by atoms with van der Waals surface area (Å²) in [7, 11) is 0. The zero-order valence-electron chi connectivity index (χ0n) is 24.1. The molecule has 5 heteroatoms. The Morgan fingerprint density at radius 2 is 1.43 bits per heavy atom. The molecule has 2 aliphatic carbocycles. The fraction of sp³-hybridized carbons (Fsp3) is 0.103. The number of anilines is 2. The van der Waals surface area contributed by atoms with Crippen LogP contribution in [0.4, 0.5) is 11.6 Å². The molecule has 1 unspecified atom stereocenters. The normalized spacial score (nSPS) is 18.5. The number of hydrogen-bond acceptors (Lipinski definition) is 4. The minimum atomic E-state index is 0.0502. The first-order valence-corrected chi connectivity index (χ1v) is 15.3.